The topological polar surface area (TPSA) is 85.0 Å². The largest absolute Gasteiger partial charge is 0.339 e. The quantitative estimate of drug-likeness (QED) is 0.613. The second-order valence-electron chi connectivity index (χ2n) is 6.77. The van der Waals surface area contributed by atoms with Gasteiger partial charge in [0.15, 0.2) is 0 Å². The molecule has 0 bridgehead atoms. The number of hydrogen-bond donors (Lipinski definition) is 0. The number of thioether (sulfide) groups is 1. The van der Waals surface area contributed by atoms with Gasteiger partial charge in [0.1, 0.15) is 5.69 Å². The van der Waals surface area contributed by atoms with E-state index in [1.54, 1.807) is 30.4 Å². The van der Waals surface area contributed by atoms with Crippen LogP contribution in [-0.2, 0) is 6.42 Å². The van der Waals surface area contributed by atoms with E-state index >= 15 is 0 Å². The van der Waals surface area contributed by atoms with Crippen LogP contribution in [0.15, 0.2) is 52.3 Å². The average Bonchev–Trinajstić information content (AvgIpc) is 3.22. The molecule has 3 heterocycles. The van der Waals surface area contributed by atoms with Gasteiger partial charge in [-0.1, -0.05) is 17.3 Å². The molecule has 0 spiro atoms. The van der Waals surface area contributed by atoms with Gasteiger partial charge in [-0.2, -0.15) is 4.98 Å². The SMILES string of the molecule is CSc1ccccc1C(=O)N1CCCC(Cc2nc(-c3cnccn3)no2)C1. The first-order chi connectivity index (χ1) is 13.7. The van der Waals surface area contributed by atoms with Crippen molar-refractivity contribution in [2.75, 3.05) is 19.3 Å². The lowest BCUT2D eigenvalue weighted by atomic mass is 9.94. The minimum absolute atomic E-state index is 0.0976. The lowest BCUT2D eigenvalue weighted by molar-refractivity contribution is 0.0664. The molecule has 1 fully saturated rings. The van der Waals surface area contributed by atoms with Gasteiger partial charge in [0, 0.05) is 36.8 Å². The van der Waals surface area contributed by atoms with E-state index in [1.165, 1.54) is 0 Å². The Morgan fingerprint density at radius 2 is 2.21 bits per heavy atom. The fourth-order valence-corrected chi connectivity index (χ4v) is 4.10. The van der Waals surface area contributed by atoms with Crippen molar-refractivity contribution in [1.82, 2.24) is 25.0 Å². The van der Waals surface area contributed by atoms with Crippen LogP contribution in [0.4, 0.5) is 0 Å². The van der Waals surface area contributed by atoms with Crippen LogP contribution in [0.5, 0.6) is 0 Å². The van der Waals surface area contributed by atoms with Crippen molar-refractivity contribution in [3.05, 3.63) is 54.3 Å². The Kier molecular flexibility index (Phi) is 5.66. The summed E-state index contributed by atoms with van der Waals surface area (Å²) in [6.07, 6.45) is 9.48. The fourth-order valence-electron chi connectivity index (χ4n) is 3.51. The number of aromatic nitrogens is 4. The summed E-state index contributed by atoms with van der Waals surface area (Å²) in [5.74, 6) is 1.42. The van der Waals surface area contributed by atoms with Crippen molar-refractivity contribution < 1.29 is 9.32 Å². The molecule has 0 aliphatic carbocycles. The number of benzene rings is 1. The first-order valence-corrected chi connectivity index (χ1v) is 10.5. The van der Waals surface area contributed by atoms with Crippen LogP contribution in [0.2, 0.25) is 0 Å². The van der Waals surface area contributed by atoms with Crippen molar-refractivity contribution in [3.8, 4) is 11.5 Å². The van der Waals surface area contributed by atoms with Gasteiger partial charge < -0.3 is 9.42 Å². The van der Waals surface area contributed by atoms with Gasteiger partial charge in [-0.15, -0.1) is 11.8 Å². The number of rotatable bonds is 5. The van der Waals surface area contributed by atoms with Crippen LogP contribution in [0.3, 0.4) is 0 Å². The zero-order chi connectivity index (χ0) is 19.3. The van der Waals surface area contributed by atoms with E-state index in [0.29, 0.717) is 36.3 Å². The van der Waals surface area contributed by atoms with E-state index in [1.807, 2.05) is 35.4 Å². The predicted molar refractivity (Wildman–Crippen MR) is 106 cm³/mol. The molecule has 1 amide bonds. The zero-order valence-electron chi connectivity index (χ0n) is 15.6. The van der Waals surface area contributed by atoms with E-state index in [4.69, 9.17) is 4.52 Å². The van der Waals surface area contributed by atoms with Crippen LogP contribution in [-0.4, -0.2) is 50.3 Å². The van der Waals surface area contributed by atoms with Crippen LogP contribution < -0.4 is 0 Å². The van der Waals surface area contributed by atoms with Gasteiger partial charge in [-0.3, -0.25) is 9.78 Å². The van der Waals surface area contributed by atoms with Crippen molar-refractivity contribution in [1.29, 1.82) is 0 Å². The lowest BCUT2D eigenvalue weighted by Gasteiger charge is -2.32. The van der Waals surface area contributed by atoms with Gasteiger partial charge in [-0.25, -0.2) is 4.98 Å². The Labute approximate surface area is 167 Å². The number of amides is 1. The van der Waals surface area contributed by atoms with Gasteiger partial charge in [0.25, 0.3) is 5.91 Å². The minimum Gasteiger partial charge on any atom is -0.339 e. The summed E-state index contributed by atoms with van der Waals surface area (Å²) in [7, 11) is 0. The summed E-state index contributed by atoms with van der Waals surface area (Å²) in [6, 6.07) is 7.78. The molecule has 144 valence electrons. The fraction of sp³-hybridized carbons (Fsp3) is 0.350. The van der Waals surface area contributed by atoms with Gasteiger partial charge in [0.2, 0.25) is 11.7 Å². The number of carbonyl (C=O) groups excluding carboxylic acids is 1. The molecule has 1 aliphatic rings. The Bertz CT molecular complexity index is 947. The molecule has 1 aliphatic heterocycles. The van der Waals surface area contributed by atoms with Gasteiger partial charge in [0.05, 0.1) is 11.8 Å². The molecule has 0 saturated carbocycles. The van der Waals surface area contributed by atoms with Crippen LogP contribution >= 0.6 is 11.8 Å². The Hall–Kier alpha value is -2.74. The number of hydrogen-bond acceptors (Lipinski definition) is 7. The molecule has 4 rings (SSSR count). The Balaban J connectivity index is 1.43. The highest BCUT2D eigenvalue weighted by molar-refractivity contribution is 7.98. The maximum Gasteiger partial charge on any atom is 0.254 e. The summed E-state index contributed by atoms with van der Waals surface area (Å²) < 4.78 is 5.40. The lowest BCUT2D eigenvalue weighted by Crippen LogP contribution is -2.40. The third-order valence-electron chi connectivity index (χ3n) is 4.87. The molecule has 1 unspecified atom stereocenters. The van der Waals surface area contributed by atoms with E-state index in [0.717, 1.165) is 29.8 Å². The molecular formula is C20H21N5O2S. The highest BCUT2D eigenvalue weighted by Crippen LogP contribution is 2.26. The van der Waals surface area contributed by atoms with Crippen LogP contribution in [0.25, 0.3) is 11.5 Å². The molecule has 7 nitrogen and oxygen atoms in total. The third-order valence-corrected chi connectivity index (χ3v) is 5.66. The van der Waals surface area contributed by atoms with E-state index in [9.17, 15) is 4.79 Å². The number of nitrogens with zero attached hydrogens (tertiary/aromatic N) is 5. The third kappa shape index (κ3) is 4.06. The number of likely N-dealkylation sites (tertiary alicyclic amines) is 1. The van der Waals surface area contributed by atoms with Crippen LogP contribution in [0, 0.1) is 5.92 Å². The summed E-state index contributed by atoms with van der Waals surface area (Å²) in [4.78, 5) is 28.6. The van der Waals surface area contributed by atoms with Crippen molar-refractivity contribution in [3.63, 3.8) is 0 Å². The molecule has 2 aromatic heterocycles. The molecule has 0 N–H and O–H groups in total. The summed E-state index contributed by atoms with van der Waals surface area (Å²) in [6.45, 7) is 1.48. The molecule has 1 atom stereocenters. The Morgan fingerprint density at radius 3 is 3.04 bits per heavy atom. The van der Waals surface area contributed by atoms with Gasteiger partial charge in [-0.05, 0) is 37.1 Å². The molecule has 1 saturated heterocycles. The summed E-state index contributed by atoms with van der Waals surface area (Å²) in [5, 5.41) is 4.00. The Morgan fingerprint density at radius 1 is 1.32 bits per heavy atom. The van der Waals surface area contributed by atoms with E-state index in [-0.39, 0.29) is 5.91 Å². The molecule has 28 heavy (non-hydrogen) atoms. The monoisotopic (exact) mass is 395 g/mol. The van der Waals surface area contributed by atoms with E-state index < -0.39 is 0 Å². The first kappa shape index (κ1) is 18.6. The summed E-state index contributed by atoms with van der Waals surface area (Å²) in [5.41, 5.74) is 1.37. The molecule has 3 aromatic rings. The minimum atomic E-state index is 0.0976. The predicted octanol–water partition coefficient (Wildman–Crippen LogP) is 3.34. The van der Waals surface area contributed by atoms with Gasteiger partial charge >= 0.3 is 0 Å². The second-order valence-corrected chi connectivity index (χ2v) is 7.61. The maximum absolute atomic E-state index is 13.0. The van der Waals surface area contributed by atoms with Crippen molar-refractivity contribution in [2.24, 2.45) is 5.92 Å². The molecule has 8 heteroatoms. The highest BCUT2D eigenvalue weighted by atomic mass is 32.2. The maximum atomic E-state index is 13.0. The average molecular weight is 395 g/mol. The summed E-state index contributed by atoms with van der Waals surface area (Å²) >= 11 is 1.60. The highest BCUT2D eigenvalue weighted by Gasteiger charge is 2.27. The van der Waals surface area contributed by atoms with Crippen molar-refractivity contribution in [2.45, 2.75) is 24.2 Å². The molecular weight excluding hydrogens is 374 g/mol. The zero-order valence-corrected chi connectivity index (χ0v) is 16.4. The number of carbonyl (C=O) groups is 1. The van der Waals surface area contributed by atoms with Crippen LogP contribution in [0.1, 0.15) is 29.1 Å². The second kappa shape index (κ2) is 8.52. The first-order valence-electron chi connectivity index (χ1n) is 9.26. The molecule has 0 radical (unpaired) electrons. The normalized spacial score (nSPS) is 16.9. The molecule has 1 aromatic carbocycles. The standard InChI is InChI=1S/C20H21N5O2S/c1-28-17-7-3-2-6-15(17)20(26)25-10-4-5-14(13-25)11-18-23-19(24-27-18)16-12-21-8-9-22-16/h2-3,6-9,12,14H,4-5,10-11,13H2,1H3. The smallest absolute Gasteiger partial charge is 0.254 e. The van der Waals surface area contributed by atoms with Crippen molar-refractivity contribution >= 4 is 17.7 Å². The van der Waals surface area contributed by atoms with E-state index in [2.05, 4.69) is 20.1 Å². The number of piperidine rings is 1.